The molecule has 98 valence electrons. The second-order valence-corrected chi connectivity index (χ2v) is 3.75. The van der Waals surface area contributed by atoms with E-state index in [4.69, 9.17) is 4.52 Å². The molecule has 19 heavy (non-hydrogen) atoms. The maximum absolute atomic E-state index is 11.8. The van der Waals surface area contributed by atoms with Crippen LogP contribution in [0.3, 0.4) is 0 Å². The highest BCUT2D eigenvalue weighted by Crippen LogP contribution is 2.26. The molecule has 0 saturated heterocycles. The van der Waals surface area contributed by atoms with Crippen LogP contribution in [-0.4, -0.2) is 21.1 Å². The summed E-state index contributed by atoms with van der Waals surface area (Å²) in [6, 6.07) is 4.81. The number of aryl methyl sites for hydroxylation is 1. The number of nitrogens with zero attached hydrogens (tertiary/aromatic N) is 2. The second kappa shape index (κ2) is 4.77. The van der Waals surface area contributed by atoms with Crippen molar-refractivity contribution in [1.29, 1.82) is 0 Å². The van der Waals surface area contributed by atoms with Gasteiger partial charge in [0.05, 0.1) is 10.6 Å². The van der Waals surface area contributed by atoms with Crippen molar-refractivity contribution >= 4 is 17.5 Å². The van der Waals surface area contributed by atoms with Crippen LogP contribution in [0.25, 0.3) is 0 Å². The van der Waals surface area contributed by atoms with E-state index in [9.17, 15) is 20.0 Å². The summed E-state index contributed by atoms with van der Waals surface area (Å²) in [6.07, 6.45) is 0. The quantitative estimate of drug-likeness (QED) is 0.644. The van der Waals surface area contributed by atoms with Gasteiger partial charge in [-0.25, -0.2) is 0 Å². The summed E-state index contributed by atoms with van der Waals surface area (Å²) < 4.78 is 4.80. The second-order valence-electron chi connectivity index (χ2n) is 3.75. The van der Waals surface area contributed by atoms with Gasteiger partial charge in [0.1, 0.15) is 0 Å². The normalized spacial score (nSPS) is 10.2. The first-order valence-corrected chi connectivity index (χ1v) is 5.19. The Morgan fingerprint density at radius 1 is 1.47 bits per heavy atom. The van der Waals surface area contributed by atoms with Crippen LogP contribution in [0.1, 0.15) is 16.1 Å². The van der Waals surface area contributed by atoms with E-state index in [1.807, 2.05) is 0 Å². The predicted molar refractivity (Wildman–Crippen MR) is 64.0 cm³/mol. The van der Waals surface area contributed by atoms with Gasteiger partial charge in [0.25, 0.3) is 5.91 Å². The summed E-state index contributed by atoms with van der Waals surface area (Å²) >= 11 is 0. The molecule has 0 bridgehead atoms. The number of rotatable bonds is 3. The number of nitrogens with one attached hydrogen (secondary N) is 1. The number of hydrogen-bond acceptors (Lipinski definition) is 6. The summed E-state index contributed by atoms with van der Waals surface area (Å²) in [6.45, 7) is 1.69. The molecule has 0 aliphatic heterocycles. The number of carbonyl (C=O) groups is 1. The van der Waals surface area contributed by atoms with E-state index in [-0.39, 0.29) is 11.4 Å². The number of phenolic OH excluding ortho intramolecular Hbond substituents is 1. The average Bonchev–Trinajstić information content (AvgIpc) is 2.74. The molecular weight excluding hydrogens is 254 g/mol. The van der Waals surface area contributed by atoms with Crippen molar-refractivity contribution in [2.45, 2.75) is 6.92 Å². The lowest BCUT2D eigenvalue weighted by Crippen LogP contribution is -2.11. The molecule has 8 heteroatoms. The topological polar surface area (TPSA) is 118 Å². The molecule has 0 radical (unpaired) electrons. The monoisotopic (exact) mass is 263 g/mol. The SMILES string of the molecule is Cc1cc(NC(=O)c2ccc([N+](=O)[O-])c(O)c2)on1. The van der Waals surface area contributed by atoms with Gasteiger partial charge in [0, 0.05) is 17.7 Å². The van der Waals surface area contributed by atoms with Crippen molar-refractivity contribution in [2.24, 2.45) is 0 Å². The highest BCUT2D eigenvalue weighted by atomic mass is 16.6. The van der Waals surface area contributed by atoms with E-state index in [1.54, 1.807) is 6.92 Å². The first-order valence-electron chi connectivity index (χ1n) is 5.19. The highest BCUT2D eigenvalue weighted by Gasteiger charge is 2.16. The van der Waals surface area contributed by atoms with Gasteiger partial charge in [-0.3, -0.25) is 20.2 Å². The molecule has 8 nitrogen and oxygen atoms in total. The average molecular weight is 263 g/mol. The van der Waals surface area contributed by atoms with E-state index in [2.05, 4.69) is 10.5 Å². The van der Waals surface area contributed by atoms with Crippen molar-refractivity contribution < 1.29 is 19.3 Å². The van der Waals surface area contributed by atoms with Crippen LogP contribution < -0.4 is 5.32 Å². The number of nitro groups is 1. The minimum absolute atomic E-state index is 0.0668. The fourth-order valence-corrected chi connectivity index (χ4v) is 1.43. The lowest BCUT2D eigenvalue weighted by molar-refractivity contribution is -0.385. The lowest BCUT2D eigenvalue weighted by Gasteiger charge is -2.02. The summed E-state index contributed by atoms with van der Waals surface area (Å²) in [5.74, 6) is -0.993. The standard InChI is InChI=1S/C11H9N3O5/c1-6-4-10(19-13-6)12-11(16)7-2-3-8(14(17)18)9(15)5-7/h2-5,15H,1H3,(H,12,16). The summed E-state index contributed by atoms with van der Waals surface area (Å²) in [5.41, 5.74) is 0.200. The number of benzene rings is 1. The number of carbonyl (C=O) groups excluding carboxylic acids is 1. The van der Waals surface area contributed by atoms with E-state index in [0.717, 1.165) is 12.1 Å². The Labute approximate surface area is 106 Å². The molecule has 0 aliphatic rings. The Hall–Kier alpha value is -2.90. The minimum Gasteiger partial charge on any atom is -0.502 e. The predicted octanol–water partition coefficient (Wildman–Crippen LogP) is 1.85. The number of aromatic hydroxyl groups is 1. The van der Waals surface area contributed by atoms with Crippen molar-refractivity contribution in [2.75, 3.05) is 5.32 Å². The van der Waals surface area contributed by atoms with Crippen LogP contribution in [0.4, 0.5) is 11.6 Å². The molecule has 2 aromatic rings. The fourth-order valence-electron chi connectivity index (χ4n) is 1.43. The van der Waals surface area contributed by atoms with Crippen LogP contribution in [-0.2, 0) is 0 Å². The van der Waals surface area contributed by atoms with Crippen LogP contribution in [0.15, 0.2) is 28.8 Å². The van der Waals surface area contributed by atoms with Crippen molar-refractivity contribution in [3.05, 3.63) is 45.6 Å². The third-order valence-corrected chi connectivity index (χ3v) is 2.30. The Balaban J connectivity index is 2.20. The number of aromatic nitrogens is 1. The number of anilines is 1. The van der Waals surface area contributed by atoms with E-state index < -0.39 is 22.3 Å². The van der Waals surface area contributed by atoms with Gasteiger partial charge in [0.2, 0.25) is 5.88 Å². The van der Waals surface area contributed by atoms with Crippen molar-refractivity contribution in [3.8, 4) is 5.75 Å². The zero-order chi connectivity index (χ0) is 14.0. The third kappa shape index (κ3) is 2.68. The van der Waals surface area contributed by atoms with Gasteiger partial charge in [-0.15, -0.1) is 0 Å². The van der Waals surface area contributed by atoms with Gasteiger partial charge in [-0.05, 0) is 19.1 Å². The Kier molecular flexibility index (Phi) is 3.15. The summed E-state index contributed by atoms with van der Waals surface area (Å²) in [5, 5.41) is 25.9. The number of phenols is 1. The molecule has 2 N–H and O–H groups in total. The van der Waals surface area contributed by atoms with Crippen LogP contribution in [0.2, 0.25) is 0 Å². The molecule has 0 aliphatic carbocycles. The summed E-state index contributed by atoms with van der Waals surface area (Å²) in [7, 11) is 0. The number of amides is 1. The third-order valence-electron chi connectivity index (χ3n) is 2.30. The first kappa shape index (κ1) is 12.6. The maximum atomic E-state index is 11.8. The molecule has 1 aromatic carbocycles. The number of hydrogen-bond donors (Lipinski definition) is 2. The molecule has 1 heterocycles. The molecule has 0 saturated carbocycles. The Bertz CT molecular complexity index is 650. The molecule has 0 atom stereocenters. The highest BCUT2D eigenvalue weighted by molar-refractivity contribution is 6.04. The molecule has 0 unspecified atom stereocenters. The minimum atomic E-state index is -0.739. The van der Waals surface area contributed by atoms with Gasteiger partial charge >= 0.3 is 5.69 Å². The van der Waals surface area contributed by atoms with Gasteiger partial charge in [-0.2, -0.15) is 0 Å². The van der Waals surface area contributed by atoms with E-state index >= 15 is 0 Å². The van der Waals surface area contributed by atoms with Crippen molar-refractivity contribution in [1.82, 2.24) is 5.16 Å². The molecule has 0 spiro atoms. The maximum Gasteiger partial charge on any atom is 0.310 e. The smallest absolute Gasteiger partial charge is 0.310 e. The van der Waals surface area contributed by atoms with Gasteiger partial charge < -0.3 is 9.63 Å². The van der Waals surface area contributed by atoms with Gasteiger partial charge in [-0.1, -0.05) is 5.16 Å². The van der Waals surface area contributed by atoms with E-state index in [0.29, 0.717) is 5.69 Å². The van der Waals surface area contributed by atoms with Crippen LogP contribution in [0.5, 0.6) is 5.75 Å². The van der Waals surface area contributed by atoms with Crippen molar-refractivity contribution in [3.63, 3.8) is 0 Å². The van der Waals surface area contributed by atoms with Crippen LogP contribution in [0, 0.1) is 17.0 Å². The van der Waals surface area contributed by atoms with Crippen LogP contribution >= 0.6 is 0 Å². The molecule has 2 rings (SSSR count). The fraction of sp³-hybridized carbons (Fsp3) is 0.0909. The Morgan fingerprint density at radius 3 is 2.74 bits per heavy atom. The zero-order valence-corrected chi connectivity index (χ0v) is 9.78. The number of nitro benzene ring substituents is 1. The molecule has 1 aromatic heterocycles. The molecule has 0 fully saturated rings. The zero-order valence-electron chi connectivity index (χ0n) is 9.78. The van der Waals surface area contributed by atoms with E-state index in [1.165, 1.54) is 12.1 Å². The van der Waals surface area contributed by atoms with Gasteiger partial charge in [0.15, 0.2) is 5.75 Å². The molecular formula is C11H9N3O5. The Morgan fingerprint density at radius 2 is 2.21 bits per heavy atom. The lowest BCUT2D eigenvalue weighted by atomic mass is 10.2. The summed E-state index contributed by atoms with van der Waals surface area (Å²) in [4.78, 5) is 21.6. The molecule has 1 amide bonds. The first-order chi connectivity index (χ1) is 8.97. The largest absolute Gasteiger partial charge is 0.502 e.